The first kappa shape index (κ1) is 13.2. The third kappa shape index (κ3) is 2.34. The van der Waals surface area contributed by atoms with Crippen molar-refractivity contribution in [3.8, 4) is 0 Å². The van der Waals surface area contributed by atoms with Crippen LogP contribution in [0.5, 0.6) is 0 Å². The maximum Gasteiger partial charge on any atom is 0.326 e. The number of rotatable bonds is 3. The van der Waals surface area contributed by atoms with E-state index in [1.807, 2.05) is 0 Å². The fourth-order valence-corrected chi connectivity index (χ4v) is 2.25. The van der Waals surface area contributed by atoms with E-state index in [-0.39, 0.29) is 24.5 Å². The number of carboxylic acids is 1. The predicted molar refractivity (Wildman–Crippen MR) is 65.0 cm³/mol. The molecule has 0 amide bonds. The Kier molecular flexibility index (Phi) is 3.34. The number of aliphatic carboxylic acids is 1. The summed E-state index contributed by atoms with van der Waals surface area (Å²) in [5, 5.41) is 29.8. The van der Waals surface area contributed by atoms with Crippen LogP contribution in [0.15, 0.2) is 12.3 Å². The minimum absolute atomic E-state index is 0.00560. The van der Waals surface area contributed by atoms with Crippen LogP contribution in [0.2, 0.25) is 0 Å². The van der Waals surface area contributed by atoms with E-state index in [9.17, 15) is 20.0 Å². The third-order valence-corrected chi connectivity index (χ3v) is 3.13. The zero-order valence-electron chi connectivity index (χ0n) is 10.2. The van der Waals surface area contributed by atoms with Crippen LogP contribution in [-0.4, -0.2) is 44.8 Å². The summed E-state index contributed by atoms with van der Waals surface area (Å²) in [5.74, 6) is -1.14. The third-order valence-electron chi connectivity index (χ3n) is 3.13. The van der Waals surface area contributed by atoms with Gasteiger partial charge in [-0.05, 0) is 13.0 Å². The van der Waals surface area contributed by atoms with Crippen LogP contribution < -0.4 is 4.90 Å². The molecule has 8 heteroatoms. The SMILES string of the molecule is Cc1ccnc(N2CC(O)CC2C(=O)O)c1[N+](=O)[O-]. The maximum atomic E-state index is 11.1. The normalized spacial score (nSPS) is 22.5. The van der Waals surface area contributed by atoms with E-state index < -0.39 is 23.0 Å². The second-order valence-corrected chi connectivity index (χ2v) is 4.45. The van der Waals surface area contributed by atoms with Crippen molar-refractivity contribution in [2.45, 2.75) is 25.5 Å². The Bertz CT molecular complexity index is 533. The second kappa shape index (κ2) is 4.81. The van der Waals surface area contributed by atoms with Crippen LogP contribution in [0.3, 0.4) is 0 Å². The molecule has 2 atom stereocenters. The molecule has 2 rings (SSSR count). The van der Waals surface area contributed by atoms with Crippen molar-refractivity contribution in [1.82, 2.24) is 4.98 Å². The average Bonchev–Trinajstić information content (AvgIpc) is 2.70. The molecule has 0 spiro atoms. The Morgan fingerprint density at radius 3 is 2.89 bits per heavy atom. The van der Waals surface area contributed by atoms with E-state index in [1.165, 1.54) is 17.2 Å². The van der Waals surface area contributed by atoms with Crippen molar-refractivity contribution in [2.24, 2.45) is 0 Å². The number of nitrogens with zero attached hydrogens (tertiary/aromatic N) is 3. The summed E-state index contributed by atoms with van der Waals surface area (Å²) in [6.45, 7) is 1.58. The lowest BCUT2D eigenvalue weighted by Crippen LogP contribution is -2.37. The van der Waals surface area contributed by atoms with Gasteiger partial charge in [-0.2, -0.15) is 0 Å². The summed E-state index contributed by atoms with van der Waals surface area (Å²) in [5.41, 5.74) is 0.184. The Labute approximate surface area is 108 Å². The molecule has 1 fully saturated rings. The molecule has 0 aromatic carbocycles. The minimum atomic E-state index is -1.13. The number of aliphatic hydroxyl groups is 1. The molecule has 2 unspecified atom stereocenters. The van der Waals surface area contributed by atoms with Gasteiger partial charge < -0.3 is 15.1 Å². The fraction of sp³-hybridized carbons (Fsp3) is 0.455. The topological polar surface area (TPSA) is 117 Å². The van der Waals surface area contributed by atoms with Gasteiger partial charge in [0.25, 0.3) is 0 Å². The molecule has 8 nitrogen and oxygen atoms in total. The van der Waals surface area contributed by atoms with Crippen molar-refractivity contribution in [1.29, 1.82) is 0 Å². The largest absolute Gasteiger partial charge is 0.480 e. The van der Waals surface area contributed by atoms with E-state index in [0.717, 1.165) is 0 Å². The Balaban J connectivity index is 2.49. The number of carboxylic acid groups (broad SMARTS) is 1. The molecular weight excluding hydrogens is 254 g/mol. The number of anilines is 1. The Morgan fingerprint density at radius 2 is 2.32 bits per heavy atom. The summed E-state index contributed by atoms with van der Waals surface area (Å²) >= 11 is 0. The molecule has 0 radical (unpaired) electrons. The first-order chi connectivity index (χ1) is 8.91. The number of aliphatic hydroxyl groups excluding tert-OH is 1. The number of β-amino-alcohol motifs (C(OH)–C–C–N with tert-alkyl or cyclic N) is 1. The molecular formula is C11H13N3O5. The molecule has 1 aliphatic rings. The molecule has 2 N–H and O–H groups in total. The quantitative estimate of drug-likeness (QED) is 0.598. The number of nitro groups is 1. The van der Waals surface area contributed by atoms with Gasteiger partial charge >= 0.3 is 11.7 Å². The number of pyridine rings is 1. The first-order valence-electron chi connectivity index (χ1n) is 5.69. The van der Waals surface area contributed by atoms with E-state index >= 15 is 0 Å². The lowest BCUT2D eigenvalue weighted by Gasteiger charge is -2.22. The zero-order chi connectivity index (χ0) is 14.2. The van der Waals surface area contributed by atoms with Gasteiger partial charge in [0.2, 0.25) is 5.82 Å². The lowest BCUT2D eigenvalue weighted by atomic mass is 10.2. The molecule has 0 bridgehead atoms. The zero-order valence-corrected chi connectivity index (χ0v) is 10.2. The van der Waals surface area contributed by atoms with Gasteiger partial charge in [-0.15, -0.1) is 0 Å². The van der Waals surface area contributed by atoms with Gasteiger partial charge in [0, 0.05) is 24.7 Å². The van der Waals surface area contributed by atoms with Crippen LogP contribution >= 0.6 is 0 Å². The van der Waals surface area contributed by atoms with Gasteiger partial charge in [0.1, 0.15) is 6.04 Å². The van der Waals surface area contributed by atoms with Crippen LogP contribution in [0.4, 0.5) is 11.5 Å². The molecule has 102 valence electrons. The number of carbonyl (C=O) groups is 1. The van der Waals surface area contributed by atoms with E-state index in [0.29, 0.717) is 5.56 Å². The number of hydrogen-bond acceptors (Lipinski definition) is 6. The highest BCUT2D eigenvalue weighted by Crippen LogP contribution is 2.33. The van der Waals surface area contributed by atoms with Gasteiger partial charge in [0.15, 0.2) is 0 Å². The number of hydrogen-bond donors (Lipinski definition) is 2. The summed E-state index contributed by atoms with van der Waals surface area (Å²) in [4.78, 5) is 26.8. The van der Waals surface area contributed by atoms with E-state index in [1.54, 1.807) is 6.92 Å². The van der Waals surface area contributed by atoms with Crippen molar-refractivity contribution in [3.05, 3.63) is 27.9 Å². The van der Waals surface area contributed by atoms with E-state index in [2.05, 4.69) is 4.98 Å². The summed E-state index contributed by atoms with van der Waals surface area (Å²) in [6, 6.07) is 0.493. The highest BCUT2D eigenvalue weighted by atomic mass is 16.6. The number of aryl methyl sites for hydroxylation is 1. The monoisotopic (exact) mass is 267 g/mol. The highest BCUT2D eigenvalue weighted by Gasteiger charge is 2.40. The van der Waals surface area contributed by atoms with Gasteiger partial charge in [0.05, 0.1) is 11.0 Å². The first-order valence-corrected chi connectivity index (χ1v) is 5.69. The molecule has 1 aromatic heterocycles. The molecule has 19 heavy (non-hydrogen) atoms. The Morgan fingerprint density at radius 1 is 1.63 bits per heavy atom. The predicted octanol–water partition coefficient (Wildman–Crippen LogP) is 0.322. The molecule has 2 heterocycles. The number of aromatic nitrogens is 1. The van der Waals surface area contributed by atoms with Crippen LogP contribution in [0.1, 0.15) is 12.0 Å². The molecule has 0 aliphatic carbocycles. The molecule has 1 aliphatic heterocycles. The van der Waals surface area contributed by atoms with Gasteiger partial charge in [-0.1, -0.05) is 0 Å². The fourth-order valence-electron chi connectivity index (χ4n) is 2.25. The van der Waals surface area contributed by atoms with Crippen LogP contribution in [-0.2, 0) is 4.79 Å². The summed E-state index contributed by atoms with van der Waals surface area (Å²) in [6.07, 6.45) is 0.589. The van der Waals surface area contributed by atoms with Crippen LogP contribution in [0.25, 0.3) is 0 Å². The van der Waals surface area contributed by atoms with Crippen molar-refractivity contribution in [3.63, 3.8) is 0 Å². The average molecular weight is 267 g/mol. The van der Waals surface area contributed by atoms with Crippen molar-refractivity contribution >= 4 is 17.5 Å². The van der Waals surface area contributed by atoms with Gasteiger partial charge in [-0.3, -0.25) is 10.1 Å². The molecule has 0 saturated carbocycles. The molecule has 1 saturated heterocycles. The Hall–Kier alpha value is -2.22. The second-order valence-electron chi connectivity index (χ2n) is 4.45. The molecule has 1 aromatic rings. The lowest BCUT2D eigenvalue weighted by molar-refractivity contribution is -0.384. The smallest absolute Gasteiger partial charge is 0.326 e. The van der Waals surface area contributed by atoms with Crippen molar-refractivity contribution < 1.29 is 19.9 Å². The maximum absolute atomic E-state index is 11.1. The van der Waals surface area contributed by atoms with Gasteiger partial charge in [-0.25, -0.2) is 9.78 Å². The van der Waals surface area contributed by atoms with Crippen molar-refractivity contribution in [2.75, 3.05) is 11.4 Å². The van der Waals surface area contributed by atoms with Crippen LogP contribution in [0, 0.1) is 17.0 Å². The highest BCUT2D eigenvalue weighted by molar-refractivity contribution is 5.80. The minimum Gasteiger partial charge on any atom is -0.480 e. The van der Waals surface area contributed by atoms with E-state index in [4.69, 9.17) is 5.11 Å². The summed E-state index contributed by atoms with van der Waals surface area (Å²) in [7, 11) is 0. The summed E-state index contributed by atoms with van der Waals surface area (Å²) < 4.78 is 0. The standard InChI is InChI=1S/C11H13N3O5/c1-6-2-3-12-10(9(6)14(18)19)13-5-7(15)4-8(13)11(16)17/h2-3,7-8,15H,4-5H2,1H3,(H,16,17).